The maximum absolute atomic E-state index is 10.8. The van der Waals surface area contributed by atoms with Crippen LogP contribution in [0.3, 0.4) is 0 Å². The topological polar surface area (TPSA) is 60.4 Å². The fourth-order valence-electron chi connectivity index (χ4n) is 2.15. The van der Waals surface area contributed by atoms with Gasteiger partial charge in [0, 0.05) is 24.0 Å². The highest BCUT2D eigenvalue weighted by molar-refractivity contribution is 5.81. The zero-order chi connectivity index (χ0) is 15.4. The van der Waals surface area contributed by atoms with Gasteiger partial charge in [0.25, 0.3) is 5.69 Å². The predicted octanol–water partition coefficient (Wildman–Crippen LogP) is 4.14. The van der Waals surface area contributed by atoms with Crippen LogP contribution in [0.5, 0.6) is 0 Å². The molecule has 1 aromatic heterocycles. The summed E-state index contributed by atoms with van der Waals surface area (Å²) in [5.74, 6) is 0. The third-order valence-corrected chi connectivity index (χ3v) is 3.20. The van der Waals surface area contributed by atoms with Gasteiger partial charge in [0.2, 0.25) is 0 Å². The Bertz CT molecular complexity index is 823. The summed E-state index contributed by atoms with van der Waals surface area (Å²) in [6.45, 7) is 0. The number of rotatable bonds is 4. The summed E-state index contributed by atoms with van der Waals surface area (Å²) in [5.41, 5.74) is 2.52. The number of para-hydroxylation sites is 1. The Morgan fingerprint density at radius 3 is 2.59 bits per heavy atom. The van der Waals surface area contributed by atoms with Crippen LogP contribution in [0, 0.1) is 10.1 Å². The Balaban J connectivity index is 1.90. The van der Waals surface area contributed by atoms with Crippen molar-refractivity contribution in [3.63, 3.8) is 0 Å². The summed E-state index contributed by atoms with van der Waals surface area (Å²) < 4.78 is 2.00. The average molecular weight is 291 g/mol. The van der Waals surface area contributed by atoms with Crippen LogP contribution in [0.15, 0.2) is 77.9 Å². The van der Waals surface area contributed by atoms with E-state index in [0.717, 1.165) is 11.4 Å². The molecular formula is C17H13N3O2. The Hall–Kier alpha value is -3.21. The maximum Gasteiger partial charge on any atom is 0.271 e. The Kier molecular flexibility index (Phi) is 3.78. The van der Waals surface area contributed by atoms with Gasteiger partial charge in [-0.05, 0) is 30.3 Å². The SMILES string of the molecule is O=[N+]([O-])c1cccc(N=Cc2cccn2-c2ccccc2)c1. The second-order valence-electron chi connectivity index (χ2n) is 4.67. The average Bonchev–Trinajstić information content (AvgIpc) is 3.02. The van der Waals surface area contributed by atoms with Gasteiger partial charge in [0.15, 0.2) is 0 Å². The van der Waals surface area contributed by atoms with Gasteiger partial charge >= 0.3 is 0 Å². The molecule has 22 heavy (non-hydrogen) atoms. The second-order valence-corrected chi connectivity index (χ2v) is 4.67. The maximum atomic E-state index is 10.8. The van der Waals surface area contributed by atoms with Crippen LogP contribution in [0.2, 0.25) is 0 Å². The first-order valence-corrected chi connectivity index (χ1v) is 6.75. The number of aromatic nitrogens is 1. The van der Waals surface area contributed by atoms with Crippen LogP contribution in [-0.2, 0) is 0 Å². The lowest BCUT2D eigenvalue weighted by atomic mass is 10.3. The van der Waals surface area contributed by atoms with E-state index in [4.69, 9.17) is 0 Å². The van der Waals surface area contributed by atoms with Crippen LogP contribution in [0.1, 0.15) is 5.69 Å². The molecule has 5 heteroatoms. The summed E-state index contributed by atoms with van der Waals surface area (Å²) in [6.07, 6.45) is 3.65. The highest BCUT2D eigenvalue weighted by Gasteiger charge is 2.05. The molecule has 0 radical (unpaired) electrons. The molecule has 0 aliphatic heterocycles. The molecule has 0 aliphatic carbocycles. The van der Waals surface area contributed by atoms with E-state index in [1.165, 1.54) is 12.1 Å². The standard InChI is InChI=1S/C17H13N3O2/c21-20(22)16-9-4-6-14(12-16)18-13-17-10-5-11-19(17)15-7-2-1-3-8-15/h1-13H. The molecule has 108 valence electrons. The predicted molar refractivity (Wildman–Crippen MR) is 86.1 cm³/mol. The second kappa shape index (κ2) is 6.05. The highest BCUT2D eigenvalue weighted by Crippen LogP contribution is 2.20. The van der Waals surface area contributed by atoms with Crippen molar-refractivity contribution in [2.45, 2.75) is 0 Å². The van der Waals surface area contributed by atoms with Crippen molar-refractivity contribution in [3.05, 3.63) is 88.7 Å². The van der Waals surface area contributed by atoms with E-state index >= 15 is 0 Å². The Labute approximate surface area is 127 Å². The lowest BCUT2D eigenvalue weighted by Gasteiger charge is -2.05. The molecule has 2 aromatic carbocycles. The van der Waals surface area contributed by atoms with Crippen molar-refractivity contribution >= 4 is 17.6 Å². The number of hydrogen-bond donors (Lipinski definition) is 0. The van der Waals surface area contributed by atoms with E-state index < -0.39 is 4.92 Å². The molecule has 1 heterocycles. The van der Waals surface area contributed by atoms with Gasteiger partial charge in [-0.3, -0.25) is 15.1 Å². The fourth-order valence-corrected chi connectivity index (χ4v) is 2.15. The molecule has 0 amide bonds. The van der Waals surface area contributed by atoms with Gasteiger partial charge in [0.1, 0.15) is 0 Å². The van der Waals surface area contributed by atoms with Crippen molar-refractivity contribution in [1.82, 2.24) is 4.57 Å². The third-order valence-electron chi connectivity index (χ3n) is 3.20. The minimum absolute atomic E-state index is 0.0353. The van der Waals surface area contributed by atoms with Crippen molar-refractivity contribution in [1.29, 1.82) is 0 Å². The van der Waals surface area contributed by atoms with Gasteiger partial charge in [-0.1, -0.05) is 24.3 Å². The first kappa shape index (κ1) is 13.8. The van der Waals surface area contributed by atoms with Gasteiger partial charge in [-0.2, -0.15) is 0 Å². The molecule has 0 fully saturated rings. The molecular weight excluding hydrogens is 278 g/mol. The largest absolute Gasteiger partial charge is 0.316 e. The van der Waals surface area contributed by atoms with E-state index in [1.807, 2.05) is 53.2 Å². The molecule has 0 bridgehead atoms. The minimum Gasteiger partial charge on any atom is -0.316 e. The molecule has 0 saturated carbocycles. The molecule has 0 atom stereocenters. The molecule has 0 unspecified atom stereocenters. The first-order chi connectivity index (χ1) is 10.7. The van der Waals surface area contributed by atoms with Crippen LogP contribution >= 0.6 is 0 Å². The normalized spacial score (nSPS) is 10.9. The molecule has 3 rings (SSSR count). The van der Waals surface area contributed by atoms with E-state index in [9.17, 15) is 10.1 Å². The third kappa shape index (κ3) is 2.93. The fraction of sp³-hybridized carbons (Fsp3) is 0. The Morgan fingerprint density at radius 2 is 1.82 bits per heavy atom. The van der Waals surface area contributed by atoms with Crippen LogP contribution < -0.4 is 0 Å². The van der Waals surface area contributed by atoms with E-state index in [0.29, 0.717) is 5.69 Å². The van der Waals surface area contributed by atoms with Crippen LogP contribution in [0.4, 0.5) is 11.4 Å². The summed E-state index contributed by atoms with van der Waals surface area (Å²) in [6, 6.07) is 20.0. The summed E-state index contributed by atoms with van der Waals surface area (Å²) >= 11 is 0. The number of nitro benzene ring substituents is 1. The van der Waals surface area contributed by atoms with Gasteiger partial charge in [-0.15, -0.1) is 0 Å². The molecule has 0 N–H and O–H groups in total. The summed E-state index contributed by atoms with van der Waals surface area (Å²) in [5, 5.41) is 10.8. The lowest BCUT2D eigenvalue weighted by Crippen LogP contribution is -1.97. The van der Waals surface area contributed by atoms with Crippen LogP contribution in [0.25, 0.3) is 5.69 Å². The lowest BCUT2D eigenvalue weighted by molar-refractivity contribution is -0.384. The number of non-ortho nitro benzene ring substituents is 1. The smallest absolute Gasteiger partial charge is 0.271 e. The van der Waals surface area contributed by atoms with Crippen molar-refractivity contribution in [2.75, 3.05) is 0 Å². The molecule has 3 aromatic rings. The van der Waals surface area contributed by atoms with E-state index in [-0.39, 0.29) is 5.69 Å². The molecule has 5 nitrogen and oxygen atoms in total. The van der Waals surface area contributed by atoms with E-state index in [1.54, 1.807) is 18.3 Å². The van der Waals surface area contributed by atoms with Crippen LogP contribution in [-0.4, -0.2) is 15.7 Å². The number of hydrogen-bond acceptors (Lipinski definition) is 3. The zero-order valence-corrected chi connectivity index (χ0v) is 11.7. The van der Waals surface area contributed by atoms with Crippen molar-refractivity contribution in [3.8, 4) is 5.69 Å². The molecule has 0 spiro atoms. The van der Waals surface area contributed by atoms with Gasteiger partial charge in [0.05, 0.1) is 22.5 Å². The zero-order valence-electron chi connectivity index (χ0n) is 11.7. The summed E-state index contributed by atoms with van der Waals surface area (Å²) in [7, 11) is 0. The van der Waals surface area contributed by atoms with Gasteiger partial charge in [-0.25, -0.2) is 0 Å². The number of nitro groups is 1. The number of nitrogens with zero attached hydrogens (tertiary/aromatic N) is 3. The minimum atomic E-state index is -0.425. The summed E-state index contributed by atoms with van der Waals surface area (Å²) in [4.78, 5) is 14.7. The van der Waals surface area contributed by atoms with Crippen molar-refractivity contribution < 1.29 is 4.92 Å². The Morgan fingerprint density at radius 1 is 1.00 bits per heavy atom. The monoisotopic (exact) mass is 291 g/mol. The first-order valence-electron chi connectivity index (χ1n) is 6.75. The number of benzene rings is 2. The quantitative estimate of drug-likeness (QED) is 0.412. The highest BCUT2D eigenvalue weighted by atomic mass is 16.6. The molecule has 0 saturated heterocycles. The van der Waals surface area contributed by atoms with Gasteiger partial charge < -0.3 is 4.57 Å². The number of aliphatic imine (C=N–C) groups is 1. The van der Waals surface area contributed by atoms with Crippen molar-refractivity contribution in [2.24, 2.45) is 4.99 Å². The molecule has 0 aliphatic rings. The van der Waals surface area contributed by atoms with E-state index in [2.05, 4.69) is 4.99 Å².